The Bertz CT molecular complexity index is 1560. The summed E-state index contributed by atoms with van der Waals surface area (Å²) in [4.78, 5) is 37.4. The lowest BCUT2D eigenvalue weighted by Crippen LogP contribution is -2.12. The van der Waals surface area contributed by atoms with E-state index in [9.17, 15) is 14.4 Å². The lowest BCUT2D eigenvalue weighted by Gasteiger charge is -2.11. The summed E-state index contributed by atoms with van der Waals surface area (Å²) in [7, 11) is 0. The first-order valence-corrected chi connectivity index (χ1v) is 10.6. The predicted octanol–water partition coefficient (Wildman–Crippen LogP) is 6.24. The van der Waals surface area contributed by atoms with Crippen molar-refractivity contribution in [3.8, 4) is 11.5 Å². The molecule has 0 unspecified atom stereocenters. The predicted molar refractivity (Wildman–Crippen MR) is 130 cm³/mol. The van der Waals surface area contributed by atoms with E-state index in [0.717, 1.165) is 21.5 Å². The number of aldehydes is 1. The van der Waals surface area contributed by atoms with E-state index in [1.54, 1.807) is 24.3 Å². The van der Waals surface area contributed by atoms with Crippen LogP contribution < -0.4 is 9.47 Å². The van der Waals surface area contributed by atoms with Crippen LogP contribution in [0.4, 0.5) is 0 Å². The molecule has 0 spiro atoms. The Labute approximate surface area is 195 Å². The van der Waals surface area contributed by atoms with Crippen molar-refractivity contribution < 1.29 is 23.9 Å². The number of benzene rings is 5. The third kappa shape index (κ3) is 4.02. The molecule has 5 aromatic rings. The Morgan fingerprint density at radius 1 is 0.588 bits per heavy atom. The van der Waals surface area contributed by atoms with Crippen molar-refractivity contribution in [1.29, 1.82) is 0 Å². The van der Waals surface area contributed by atoms with E-state index >= 15 is 0 Å². The first-order chi connectivity index (χ1) is 16.6. The molecule has 0 heterocycles. The highest BCUT2D eigenvalue weighted by molar-refractivity contribution is 6.06. The molecule has 0 saturated heterocycles. The van der Waals surface area contributed by atoms with Crippen LogP contribution in [-0.2, 0) is 0 Å². The van der Waals surface area contributed by atoms with Gasteiger partial charge in [-0.25, -0.2) is 9.59 Å². The van der Waals surface area contributed by atoms with Crippen molar-refractivity contribution in [1.82, 2.24) is 0 Å². The van der Waals surface area contributed by atoms with Crippen LogP contribution in [0, 0.1) is 0 Å². The van der Waals surface area contributed by atoms with Crippen LogP contribution in [0.25, 0.3) is 21.5 Å². The summed E-state index contributed by atoms with van der Waals surface area (Å²) in [5.41, 5.74) is 0.943. The van der Waals surface area contributed by atoms with Crippen molar-refractivity contribution >= 4 is 39.8 Å². The minimum atomic E-state index is -0.613. The van der Waals surface area contributed by atoms with Gasteiger partial charge in [-0.15, -0.1) is 0 Å². The molecule has 5 nitrogen and oxygen atoms in total. The fourth-order valence-electron chi connectivity index (χ4n) is 3.89. The fourth-order valence-corrected chi connectivity index (χ4v) is 3.89. The highest BCUT2D eigenvalue weighted by atomic mass is 16.5. The van der Waals surface area contributed by atoms with Gasteiger partial charge >= 0.3 is 11.9 Å². The molecule has 0 saturated carbocycles. The molecule has 0 aliphatic heterocycles. The van der Waals surface area contributed by atoms with E-state index in [0.29, 0.717) is 17.4 Å². The highest BCUT2D eigenvalue weighted by Gasteiger charge is 2.17. The van der Waals surface area contributed by atoms with Crippen molar-refractivity contribution in [2.45, 2.75) is 0 Å². The first-order valence-electron chi connectivity index (χ1n) is 10.6. The van der Waals surface area contributed by atoms with Gasteiger partial charge in [0.2, 0.25) is 0 Å². The summed E-state index contributed by atoms with van der Waals surface area (Å²) in [6, 6.07) is 30.0. The Balaban J connectivity index is 1.44. The molecule has 0 aliphatic rings. The zero-order valence-corrected chi connectivity index (χ0v) is 17.9. The quantitative estimate of drug-likeness (QED) is 0.181. The zero-order valence-electron chi connectivity index (χ0n) is 17.9. The second-order valence-corrected chi connectivity index (χ2v) is 7.65. The number of carbonyl (C=O) groups is 3. The number of rotatable bonds is 5. The number of carbonyl (C=O) groups excluding carboxylic acids is 3. The third-order valence-corrected chi connectivity index (χ3v) is 5.54. The lowest BCUT2D eigenvalue weighted by atomic mass is 10.0. The van der Waals surface area contributed by atoms with Crippen LogP contribution in [0.2, 0.25) is 0 Å². The summed E-state index contributed by atoms with van der Waals surface area (Å²) in [6.45, 7) is 0. The Hall–Kier alpha value is -4.77. The van der Waals surface area contributed by atoms with E-state index in [4.69, 9.17) is 9.47 Å². The number of ether oxygens (including phenoxy) is 2. The average Bonchev–Trinajstić information content (AvgIpc) is 2.88. The summed E-state index contributed by atoms with van der Waals surface area (Å²) in [6.07, 6.45) is 0.585. The van der Waals surface area contributed by atoms with Gasteiger partial charge in [-0.05, 0) is 45.8 Å². The van der Waals surface area contributed by atoms with Crippen LogP contribution in [0.3, 0.4) is 0 Å². The van der Waals surface area contributed by atoms with Crippen LogP contribution in [0.15, 0.2) is 103 Å². The largest absolute Gasteiger partial charge is 0.423 e. The van der Waals surface area contributed by atoms with Gasteiger partial charge in [0.05, 0.1) is 16.7 Å². The summed E-state index contributed by atoms with van der Waals surface area (Å²) in [5, 5.41) is 3.31. The topological polar surface area (TPSA) is 69.7 Å². The Kier molecular flexibility index (Phi) is 5.58. The van der Waals surface area contributed by atoms with E-state index in [-0.39, 0.29) is 17.1 Å². The molecule has 5 heteroatoms. The molecule has 34 heavy (non-hydrogen) atoms. The normalized spacial score (nSPS) is 10.7. The van der Waals surface area contributed by atoms with Crippen molar-refractivity contribution in [3.05, 3.63) is 120 Å². The molecule has 0 fully saturated rings. The van der Waals surface area contributed by atoms with Gasteiger partial charge in [-0.2, -0.15) is 0 Å². The van der Waals surface area contributed by atoms with Gasteiger partial charge in [0.25, 0.3) is 0 Å². The minimum Gasteiger partial charge on any atom is -0.423 e. The van der Waals surface area contributed by atoms with E-state index in [1.165, 1.54) is 18.2 Å². The van der Waals surface area contributed by atoms with Gasteiger partial charge < -0.3 is 9.47 Å². The van der Waals surface area contributed by atoms with Crippen LogP contribution in [-0.4, -0.2) is 18.2 Å². The maximum atomic E-state index is 13.0. The monoisotopic (exact) mass is 446 g/mol. The first kappa shape index (κ1) is 21.1. The van der Waals surface area contributed by atoms with E-state index in [2.05, 4.69) is 0 Å². The molecule has 0 radical (unpaired) electrons. The average molecular weight is 446 g/mol. The third-order valence-electron chi connectivity index (χ3n) is 5.54. The molecule has 0 aromatic heterocycles. The van der Waals surface area contributed by atoms with Gasteiger partial charge in [0, 0.05) is 6.07 Å². The summed E-state index contributed by atoms with van der Waals surface area (Å²) < 4.78 is 11.1. The smallest absolute Gasteiger partial charge is 0.344 e. The molecular formula is C29H18O5. The van der Waals surface area contributed by atoms with Crippen molar-refractivity contribution in [3.63, 3.8) is 0 Å². The number of esters is 2. The molecule has 0 aliphatic carbocycles. The fraction of sp³-hybridized carbons (Fsp3) is 0. The molecule has 164 valence electrons. The summed E-state index contributed by atoms with van der Waals surface area (Å²) >= 11 is 0. The number of fused-ring (bicyclic) bond motifs is 2. The second-order valence-electron chi connectivity index (χ2n) is 7.65. The second kappa shape index (κ2) is 9.00. The Morgan fingerprint density at radius 3 is 1.71 bits per heavy atom. The number of hydrogen-bond donors (Lipinski definition) is 0. The van der Waals surface area contributed by atoms with Crippen LogP contribution in [0.1, 0.15) is 31.1 Å². The standard InChI is InChI=1S/C29H18O5/c30-18-21-15-16-22(33-28(31)25-13-5-9-19-7-1-3-11-23(19)25)17-27(21)34-29(32)26-14-6-10-20-8-2-4-12-24(20)26/h1-18H. The summed E-state index contributed by atoms with van der Waals surface area (Å²) in [5.74, 6) is -1.00. The maximum Gasteiger partial charge on any atom is 0.344 e. The molecule has 0 atom stereocenters. The molecule has 0 amide bonds. The number of hydrogen-bond acceptors (Lipinski definition) is 5. The van der Waals surface area contributed by atoms with E-state index in [1.807, 2.05) is 60.7 Å². The molecular weight excluding hydrogens is 428 g/mol. The van der Waals surface area contributed by atoms with Crippen molar-refractivity contribution in [2.75, 3.05) is 0 Å². The SMILES string of the molecule is O=Cc1ccc(OC(=O)c2cccc3ccccc23)cc1OC(=O)c1cccc2ccccc12. The molecule has 0 bridgehead atoms. The molecule has 0 N–H and O–H groups in total. The highest BCUT2D eigenvalue weighted by Crippen LogP contribution is 2.28. The minimum absolute atomic E-state index is 0.0103. The van der Waals surface area contributed by atoms with Crippen LogP contribution in [0.5, 0.6) is 11.5 Å². The van der Waals surface area contributed by atoms with Gasteiger partial charge in [0.1, 0.15) is 11.5 Å². The van der Waals surface area contributed by atoms with Crippen LogP contribution >= 0.6 is 0 Å². The van der Waals surface area contributed by atoms with Gasteiger partial charge in [0.15, 0.2) is 6.29 Å². The zero-order chi connectivity index (χ0) is 23.5. The van der Waals surface area contributed by atoms with Gasteiger partial charge in [-0.1, -0.05) is 72.8 Å². The lowest BCUT2D eigenvalue weighted by molar-refractivity contribution is 0.0734. The Morgan fingerprint density at radius 2 is 1.12 bits per heavy atom. The molecule has 5 rings (SSSR count). The maximum absolute atomic E-state index is 13.0. The van der Waals surface area contributed by atoms with E-state index < -0.39 is 11.9 Å². The van der Waals surface area contributed by atoms with Gasteiger partial charge in [-0.3, -0.25) is 4.79 Å². The van der Waals surface area contributed by atoms with Crippen molar-refractivity contribution in [2.24, 2.45) is 0 Å². The molecule has 5 aromatic carbocycles.